The molecule has 0 atom stereocenters. The lowest BCUT2D eigenvalue weighted by atomic mass is 10.2. The molecule has 5 aromatic rings. The number of hydrogen-bond donors (Lipinski definition) is 0. The molecule has 0 N–H and O–H groups in total. The molecule has 5 rings (SSSR count). The van der Waals surface area contributed by atoms with Crippen molar-refractivity contribution in [1.82, 2.24) is 28.9 Å². The van der Waals surface area contributed by atoms with Crippen molar-refractivity contribution in [3.8, 4) is 34.2 Å². The number of hydrogen-bond acceptors (Lipinski definition) is 5. The molecular formula is C24H17F3N6O3. The highest BCUT2D eigenvalue weighted by Gasteiger charge is 2.22. The van der Waals surface area contributed by atoms with E-state index in [1.807, 2.05) is 6.07 Å². The van der Waals surface area contributed by atoms with Gasteiger partial charge in [-0.3, -0.25) is 9.59 Å². The number of para-hydroxylation sites is 1. The summed E-state index contributed by atoms with van der Waals surface area (Å²) in [7, 11) is 1.28. The van der Waals surface area contributed by atoms with Gasteiger partial charge in [-0.1, -0.05) is 24.3 Å². The summed E-state index contributed by atoms with van der Waals surface area (Å²) >= 11 is 0. The average molecular weight is 494 g/mol. The van der Waals surface area contributed by atoms with Gasteiger partial charge in [0.1, 0.15) is 11.4 Å². The number of methoxy groups -OCH3 is 1. The number of aromatic nitrogens is 6. The minimum atomic E-state index is -3.08. The van der Waals surface area contributed by atoms with Crippen LogP contribution < -0.4 is 15.7 Å². The number of rotatable bonds is 6. The fourth-order valence-corrected chi connectivity index (χ4v) is 3.80. The Hall–Kier alpha value is -4.87. The van der Waals surface area contributed by atoms with Gasteiger partial charge in [0.2, 0.25) is 0 Å². The van der Waals surface area contributed by atoms with Crippen LogP contribution in [0.2, 0.25) is 0 Å². The second kappa shape index (κ2) is 9.06. The minimum Gasteiger partial charge on any atom is -0.491 e. The van der Waals surface area contributed by atoms with Gasteiger partial charge in [-0.25, -0.2) is 23.1 Å². The smallest absolute Gasteiger partial charge is 0.332 e. The average Bonchev–Trinajstić information content (AvgIpc) is 3.52. The Morgan fingerprint density at radius 3 is 2.42 bits per heavy atom. The van der Waals surface area contributed by atoms with Crippen molar-refractivity contribution >= 4 is 0 Å². The standard InChI is InChI=1S/C24H17F3N6O3/c1-36-19-14-30(16-8-5-9-17(21(16)25)33-20(34)11-13-31(33)24(26)27)29-22(23(19)35)18-10-12-28-32(18)15-6-3-2-4-7-15/h2-14,24H,1H3. The Bertz CT molecular complexity index is 1670. The predicted octanol–water partition coefficient (Wildman–Crippen LogP) is 3.58. The van der Waals surface area contributed by atoms with E-state index < -0.39 is 29.0 Å². The number of ether oxygens (including phenoxy) is 1. The van der Waals surface area contributed by atoms with Gasteiger partial charge >= 0.3 is 6.55 Å². The first-order valence-corrected chi connectivity index (χ1v) is 10.6. The summed E-state index contributed by atoms with van der Waals surface area (Å²) in [6.45, 7) is -3.08. The zero-order valence-corrected chi connectivity index (χ0v) is 18.6. The summed E-state index contributed by atoms with van der Waals surface area (Å²) in [5.41, 5.74) is -1.14. The highest BCUT2D eigenvalue weighted by Crippen LogP contribution is 2.24. The van der Waals surface area contributed by atoms with E-state index in [0.29, 0.717) is 20.7 Å². The van der Waals surface area contributed by atoms with E-state index in [2.05, 4.69) is 10.2 Å². The van der Waals surface area contributed by atoms with Crippen molar-refractivity contribution < 1.29 is 17.9 Å². The van der Waals surface area contributed by atoms with E-state index in [1.165, 1.54) is 42.4 Å². The SMILES string of the molecule is COc1cn(-c2cccc(-n3c(=O)ccn3C(F)F)c2F)nc(-c2ccnn2-c2ccccc2)c1=O. The molecule has 3 heterocycles. The van der Waals surface area contributed by atoms with Crippen molar-refractivity contribution in [3.05, 3.63) is 106 Å². The lowest BCUT2D eigenvalue weighted by Crippen LogP contribution is -2.23. The fraction of sp³-hybridized carbons (Fsp3) is 0.0833. The van der Waals surface area contributed by atoms with E-state index in [4.69, 9.17) is 4.74 Å². The van der Waals surface area contributed by atoms with Crippen molar-refractivity contribution in [3.63, 3.8) is 0 Å². The van der Waals surface area contributed by atoms with Gasteiger partial charge in [0.25, 0.3) is 11.0 Å². The lowest BCUT2D eigenvalue weighted by molar-refractivity contribution is 0.0484. The first-order valence-electron chi connectivity index (χ1n) is 10.6. The van der Waals surface area contributed by atoms with Gasteiger partial charge in [-0.15, -0.1) is 0 Å². The Labute approximate surface area is 200 Å². The van der Waals surface area contributed by atoms with Crippen LogP contribution in [0.15, 0.2) is 88.8 Å². The predicted molar refractivity (Wildman–Crippen MR) is 124 cm³/mol. The van der Waals surface area contributed by atoms with Crippen LogP contribution in [0.5, 0.6) is 5.75 Å². The summed E-state index contributed by atoms with van der Waals surface area (Å²) < 4.78 is 51.1. The van der Waals surface area contributed by atoms with Crippen LogP contribution in [0, 0.1) is 5.82 Å². The summed E-state index contributed by atoms with van der Waals surface area (Å²) in [4.78, 5) is 25.3. The Kier molecular flexibility index (Phi) is 5.76. The first kappa shape index (κ1) is 22.9. The molecule has 0 aliphatic heterocycles. The van der Waals surface area contributed by atoms with E-state index in [0.717, 1.165) is 16.9 Å². The summed E-state index contributed by atoms with van der Waals surface area (Å²) in [6, 6.07) is 15.4. The van der Waals surface area contributed by atoms with Crippen LogP contribution in [-0.4, -0.2) is 36.0 Å². The van der Waals surface area contributed by atoms with Crippen LogP contribution in [-0.2, 0) is 0 Å². The van der Waals surface area contributed by atoms with E-state index in [-0.39, 0.29) is 17.1 Å². The molecule has 0 radical (unpaired) electrons. The number of alkyl halides is 2. The normalized spacial score (nSPS) is 11.2. The van der Waals surface area contributed by atoms with E-state index >= 15 is 4.39 Å². The molecule has 0 aliphatic rings. The molecule has 12 heteroatoms. The minimum absolute atomic E-state index is 0.0892. The van der Waals surface area contributed by atoms with Gasteiger partial charge in [-0.05, 0) is 30.3 Å². The quantitative estimate of drug-likeness (QED) is 0.360. The maximum absolute atomic E-state index is 15.7. The van der Waals surface area contributed by atoms with Crippen LogP contribution in [0.3, 0.4) is 0 Å². The van der Waals surface area contributed by atoms with Crippen LogP contribution in [0.4, 0.5) is 13.2 Å². The first-order chi connectivity index (χ1) is 17.4. The Morgan fingerprint density at radius 2 is 1.69 bits per heavy atom. The molecule has 9 nitrogen and oxygen atoms in total. The third-order valence-corrected chi connectivity index (χ3v) is 5.43. The molecule has 0 spiro atoms. The second-order valence-electron chi connectivity index (χ2n) is 7.52. The van der Waals surface area contributed by atoms with Gasteiger partial charge in [0, 0.05) is 12.3 Å². The highest BCUT2D eigenvalue weighted by molar-refractivity contribution is 5.59. The molecule has 0 fully saturated rings. The molecular weight excluding hydrogens is 477 g/mol. The van der Waals surface area contributed by atoms with Crippen LogP contribution in [0.25, 0.3) is 28.5 Å². The zero-order chi connectivity index (χ0) is 25.4. The lowest BCUT2D eigenvalue weighted by Gasteiger charge is -2.15. The van der Waals surface area contributed by atoms with Crippen LogP contribution in [0.1, 0.15) is 6.55 Å². The molecule has 0 unspecified atom stereocenters. The number of halogens is 3. The third-order valence-electron chi connectivity index (χ3n) is 5.43. The van der Waals surface area contributed by atoms with Crippen LogP contribution >= 0.6 is 0 Å². The second-order valence-corrected chi connectivity index (χ2v) is 7.52. The molecule has 2 aromatic carbocycles. The molecule has 0 amide bonds. The van der Waals surface area contributed by atoms with Gasteiger partial charge < -0.3 is 4.74 Å². The highest BCUT2D eigenvalue weighted by atomic mass is 19.3. The Balaban J connectivity index is 1.71. The van der Waals surface area contributed by atoms with Crippen molar-refractivity contribution in [2.75, 3.05) is 7.11 Å². The fourth-order valence-electron chi connectivity index (χ4n) is 3.80. The zero-order valence-electron chi connectivity index (χ0n) is 18.6. The van der Waals surface area contributed by atoms with E-state index in [9.17, 15) is 18.4 Å². The van der Waals surface area contributed by atoms with E-state index in [1.54, 1.807) is 30.3 Å². The summed E-state index contributed by atoms with van der Waals surface area (Å²) in [6.07, 6.45) is 3.52. The van der Waals surface area contributed by atoms with Gasteiger partial charge in [0.15, 0.2) is 17.3 Å². The molecule has 3 aromatic heterocycles. The topological polar surface area (TPSA) is 88.9 Å². The van der Waals surface area contributed by atoms with Crippen molar-refractivity contribution in [1.29, 1.82) is 0 Å². The molecule has 0 aliphatic carbocycles. The molecule has 0 bridgehead atoms. The number of nitrogens with zero attached hydrogens (tertiary/aromatic N) is 6. The number of benzene rings is 2. The molecule has 182 valence electrons. The van der Waals surface area contributed by atoms with Gasteiger partial charge in [0.05, 0.1) is 30.9 Å². The largest absolute Gasteiger partial charge is 0.491 e. The van der Waals surface area contributed by atoms with Gasteiger partial charge in [-0.2, -0.15) is 19.0 Å². The molecule has 0 saturated heterocycles. The molecule has 0 saturated carbocycles. The maximum Gasteiger partial charge on any atom is 0.332 e. The summed E-state index contributed by atoms with van der Waals surface area (Å²) in [5, 5.41) is 8.59. The third kappa shape index (κ3) is 3.78. The monoisotopic (exact) mass is 494 g/mol. The van der Waals surface area contributed by atoms with Crippen molar-refractivity contribution in [2.45, 2.75) is 6.55 Å². The summed E-state index contributed by atoms with van der Waals surface area (Å²) in [5.74, 6) is -1.15. The van der Waals surface area contributed by atoms with Crippen molar-refractivity contribution in [2.24, 2.45) is 0 Å². The molecule has 36 heavy (non-hydrogen) atoms. The maximum atomic E-state index is 15.7. The Morgan fingerprint density at radius 1 is 0.944 bits per heavy atom.